The predicted molar refractivity (Wildman–Crippen MR) is 71.6 cm³/mol. The first-order chi connectivity index (χ1) is 8.24. The van der Waals surface area contributed by atoms with Crippen LogP contribution in [0.15, 0.2) is 24.3 Å². The van der Waals surface area contributed by atoms with E-state index < -0.39 is 0 Å². The zero-order chi connectivity index (χ0) is 12.3. The van der Waals surface area contributed by atoms with Crippen molar-refractivity contribution in [3.8, 4) is 16.3 Å². The minimum Gasteiger partial charge on any atom is -0.494 e. The van der Waals surface area contributed by atoms with Crippen LogP contribution in [0.5, 0.6) is 5.75 Å². The summed E-state index contributed by atoms with van der Waals surface area (Å²) >= 11 is 7.49. The Hall–Kier alpha value is -1.10. The maximum atomic E-state index is 5.97. The number of nitrogens with two attached hydrogens (primary N) is 1. The Balaban J connectivity index is 2.26. The predicted octanol–water partition coefficient (Wildman–Crippen LogP) is 3.32. The van der Waals surface area contributed by atoms with Crippen LogP contribution in [0.3, 0.4) is 0 Å². The Kier molecular flexibility index (Phi) is 3.99. The summed E-state index contributed by atoms with van der Waals surface area (Å²) in [5.41, 5.74) is 6.60. The van der Waals surface area contributed by atoms with E-state index in [1.54, 1.807) is 0 Å². The molecule has 0 radical (unpaired) electrons. The van der Waals surface area contributed by atoms with Crippen molar-refractivity contribution < 1.29 is 4.74 Å². The highest BCUT2D eigenvalue weighted by atomic mass is 35.5. The molecule has 0 aliphatic rings. The first-order valence-electron chi connectivity index (χ1n) is 5.33. The third kappa shape index (κ3) is 2.77. The summed E-state index contributed by atoms with van der Waals surface area (Å²) in [4.78, 5) is 5.20. The van der Waals surface area contributed by atoms with Crippen molar-refractivity contribution in [1.82, 2.24) is 4.98 Å². The molecule has 2 N–H and O–H groups in total. The van der Waals surface area contributed by atoms with E-state index in [0.29, 0.717) is 18.3 Å². The van der Waals surface area contributed by atoms with Gasteiger partial charge in [-0.2, -0.15) is 0 Å². The van der Waals surface area contributed by atoms with Crippen LogP contribution in [0.25, 0.3) is 10.6 Å². The minimum absolute atomic E-state index is 0.424. The average Bonchev–Trinajstić information content (AvgIpc) is 2.72. The van der Waals surface area contributed by atoms with Crippen molar-refractivity contribution in [3.63, 3.8) is 0 Å². The standard InChI is InChI=1S/C12H13ClN2OS/c1-2-16-9-5-3-8(4-6-9)12-15-11(13)10(7-14)17-12/h3-6H,2,7,14H2,1H3. The molecule has 2 rings (SSSR count). The Morgan fingerprint density at radius 3 is 2.59 bits per heavy atom. The van der Waals surface area contributed by atoms with Crippen molar-refractivity contribution >= 4 is 22.9 Å². The zero-order valence-corrected chi connectivity index (χ0v) is 11.0. The Labute approximate surface area is 109 Å². The lowest BCUT2D eigenvalue weighted by Crippen LogP contribution is -1.92. The highest BCUT2D eigenvalue weighted by Gasteiger charge is 2.09. The van der Waals surface area contributed by atoms with Gasteiger partial charge in [0, 0.05) is 12.1 Å². The van der Waals surface area contributed by atoms with E-state index in [9.17, 15) is 0 Å². The van der Waals surface area contributed by atoms with E-state index in [1.807, 2.05) is 31.2 Å². The van der Waals surface area contributed by atoms with Gasteiger partial charge in [0.15, 0.2) is 0 Å². The van der Waals surface area contributed by atoms with Gasteiger partial charge in [-0.05, 0) is 31.2 Å². The fourth-order valence-electron chi connectivity index (χ4n) is 1.44. The van der Waals surface area contributed by atoms with Gasteiger partial charge in [0.05, 0.1) is 11.5 Å². The van der Waals surface area contributed by atoms with E-state index in [1.165, 1.54) is 11.3 Å². The number of ether oxygens (including phenoxy) is 1. The van der Waals surface area contributed by atoms with Gasteiger partial charge in [-0.1, -0.05) is 11.6 Å². The number of nitrogens with zero attached hydrogens (tertiary/aromatic N) is 1. The number of hydrogen-bond donors (Lipinski definition) is 1. The summed E-state index contributed by atoms with van der Waals surface area (Å²) < 4.78 is 5.38. The summed E-state index contributed by atoms with van der Waals surface area (Å²) in [5.74, 6) is 0.859. The van der Waals surface area contributed by atoms with Crippen LogP contribution < -0.4 is 10.5 Å². The summed E-state index contributed by atoms with van der Waals surface area (Å²) in [5, 5.41) is 1.39. The largest absolute Gasteiger partial charge is 0.494 e. The lowest BCUT2D eigenvalue weighted by Gasteiger charge is -2.02. The van der Waals surface area contributed by atoms with Gasteiger partial charge >= 0.3 is 0 Å². The van der Waals surface area contributed by atoms with Gasteiger partial charge in [-0.25, -0.2) is 4.98 Å². The number of benzene rings is 1. The SMILES string of the molecule is CCOc1ccc(-c2nc(Cl)c(CN)s2)cc1. The molecule has 1 heterocycles. The van der Waals surface area contributed by atoms with Crippen LogP contribution in [0.1, 0.15) is 11.8 Å². The normalized spacial score (nSPS) is 10.5. The van der Waals surface area contributed by atoms with Gasteiger partial charge < -0.3 is 10.5 Å². The Morgan fingerprint density at radius 2 is 2.06 bits per heavy atom. The topological polar surface area (TPSA) is 48.1 Å². The van der Waals surface area contributed by atoms with Crippen molar-refractivity contribution in [1.29, 1.82) is 0 Å². The molecule has 0 spiro atoms. The van der Waals surface area contributed by atoms with Gasteiger partial charge in [0.25, 0.3) is 0 Å². The molecule has 0 amide bonds. The molecule has 0 bridgehead atoms. The van der Waals surface area contributed by atoms with E-state index in [0.717, 1.165) is 21.2 Å². The molecule has 0 fully saturated rings. The minimum atomic E-state index is 0.424. The number of aromatic nitrogens is 1. The first kappa shape index (κ1) is 12.4. The van der Waals surface area contributed by atoms with E-state index in [2.05, 4.69) is 4.98 Å². The van der Waals surface area contributed by atoms with Crippen molar-refractivity contribution in [3.05, 3.63) is 34.3 Å². The van der Waals surface area contributed by atoms with Crippen molar-refractivity contribution in [2.24, 2.45) is 5.73 Å². The molecule has 17 heavy (non-hydrogen) atoms. The smallest absolute Gasteiger partial charge is 0.145 e. The summed E-state index contributed by atoms with van der Waals surface area (Å²) in [6.07, 6.45) is 0. The third-order valence-electron chi connectivity index (χ3n) is 2.25. The lowest BCUT2D eigenvalue weighted by atomic mass is 10.2. The second-order valence-electron chi connectivity index (χ2n) is 3.39. The molecule has 0 aliphatic heterocycles. The molecule has 0 saturated carbocycles. The maximum absolute atomic E-state index is 5.97. The molecule has 0 aliphatic carbocycles. The molecule has 5 heteroatoms. The van der Waals surface area contributed by atoms with Gasteiger partial charge in [-0.15, -0.1) is 11.3 Å². The summed E-state index contributed by atoms with van der Waals surface area (Å²) in [7, 11) is 0. The average molecular weight is 269 g/mol. The second kappa shape index (κ2) is 5.49. The fourth-order valence-corrected chi connectivity index (χ4v) is 2.61. The number of halogens is 1. The summed E-state index contributed by atoms with van der Waals surface area (Å²) in [6.45, 7) is 3.05. The number of thiazole rings is 1. The van der Waals surface area contributed by atoms with E-state index in [-0.39, 0.29) is 0 Å². The highest BCUT2D eigenvalue weighted by molar-refractivity contribution is 7.15. The van der Waals surface area contributed by atoms with Gasteiger partial charge in [-0.3, -0.25) is 0 Å². The van der Waals surface area contributed by atoms with Crippen LogP contribution in [-0.4, -0.2) is 11.6 Å². The summed E-state index contributed by atoms with van der Waals surface area (Å²) in [6, 6.07) is 7.80. The van der Waals surface area contributed by atoms with Crippen LogP contribution in [0.4, 0.5) is 0 Å². The fraction of sp³-hybridized carbons (Fsp3) is 0.250. The zero-order valence-electron chi connectivity index (χ0n) is 9.44. The van der Waals surface area contributed by atoms with Crippen LogP contribution in [0, 0.1) is 0 Å². The Bertz CT molecular complexity index is 496. The third-order valence-corrected chi connectivity index (χ3v) is 3.80. The molecule has 2 aromatic rings. The Morgan fingerprint density at radius 1 is 1.35 bits per heavy atom. The quantitative estimate of drug-likeness (QED) is 0.925. The van der Waals surface area contributed by atoms with Crippen LogP contribution in [0.2, 0.25) is 5.15 Å². The van der Waals surface area contributed by atoms with Crippen molar-refractivity contribution in [2.45, 2.75) is 13.5 Å². The molecule has 3 nitrogen and oxygen atoms in total. The van der Waals surface area contributed by atoms with E-state index >= 15 is 0 Å². The highest BCUT2D eigenvalue weighted by Crippen LogP contribution is 2.31. The maximum Gasteiger partial charge on any atom is 0.145 e. The molecule has 0 saturated heterocycles. The molecule has 1 aromatic carbocycles. The van der Waals surface area contributed by atoms with Gasteiger partial charge in [0.1, 0.15) is 15.9 Å². The van der Waals surface area contributed by atoms with E-state index in [4.69, 9.17) is 22.1 Å². The first-order valence-corrected chi connectivity index (χ1v) is 6.52. The lowest BCUT2D eigenvalue weighted by molar-refractivity contribution is 0.340. The molecule has 0 unspecified atom stereocenters. The molecule has 1 aromatic heterocycles. The second-order valence-corrected chi connectivity index (χ2v) is 4.84. The monoisotopic (exact) mass is 268 g/mol. The molecule has 0 atom stereocenters. The molecular formula is C12H13ClN2OS. The van der Waals surface area contributed by atoms with Crippen LogP contribution in [-0.2, 0) is 6.54 Å². The van der Waals surface area contributed by atoms with Crippen molar-refractivity contribution in [2.75, 3.05) is 6.61 Å². The molecular weight excluding hydrogens is 256 g/mol. The van der Waals surface area contributed by atoms with Crippen LogP contribution >= 0.6 is 22.9 Å². The molecule has 90 valence electrons. The number of hydrogen-bond acceptors (Lipinski definition) is 4. The van der Waals surface area contributed by atoms with Gasteiger partial charge in [0.2, 0.25) is 0 Å². The number of rotatable bonds is 4.